The maximum absolute atomic E-state index is 12.3. The minimum atomic E-state index is -0.463. The van der Waals surface area contributed by atoms with Crippen LogP contribution in [-0.4, -0.2) is 25.2 Å². The van der Waals surface area contributed by atoms with E-state index in [-0.39, 0.29) is 5.91 Å². The lowest BCUT2D eigenvalue weighted by molar-refractivity contribution is 0.0616. The van der Waals surface area contributed by atoms with Gasteiger partial charge in [-0.15, -0.1) is 0 Å². The van der Waals surface area contributed by atoms with E-state index in [9.17, 15) is 4.79 Å². The first-order chi connectivity index (χ1) is 11.0. The van der Waals surface area contributed by atoms with Crippen molar-refractivity contribution in [1.82, 2.24) is 5.32 Å². The zero-order valence-corrected chi connectivity index (χ0v) is 13.8. The second-order valence-corrected chi connectivity index (χ2v) is 6.05. The predicted octanol–water partition coefficient (Wildman–Crippen LogP) is 3.42. The topological polar surface area (TPSA) is 47.6 Å². The summed E-state index contributed by atoms with van der Waals surface area (Å²) in [6.07, 6.45) is 0. The van der Waals surface area contributed by atoms with Crippen LogP contribution in [0, 0.1) is 0 Å². The smallest absolute Gasteiger partial charge is 0.251 e. The van der Waals surface area contributed by atoms with Gasteiger partial charge in [-0.25, -0.2) is 0 Å². The van der Waals surface area contributed by atoms with E-state index in [1.807, 2.05) is 50.2 Å². The highest BCUT2D eigenvalue weighted by Gasteiger charge is 2.21. The highest BCUT2D eigenvalue weighted by Crippen LogP contribution is 2.14. The van der Waals surface area contributed by atoms with Crippen molar-refractivity contribution in [2.45, 2.75) is 26.0 Å². The molecule has 2 rings (SSSR count). The van der Waals surface area contributed by atoms with E-state index in [2.05, 4.69) is 5.32 Å². The molecule has 0 unspecified atom stereocenters. The maximum atomic E-state index is 12.3. The number of hydrogen-bond acceptors (Lipinski definition) is 3. The monoisotopic (exact) mass is 313 g/mol. The van der Waals surface area contributed by atoms with Gasteiger partial charge in [0.05, 0.1) is 25.9 Å². The zero-order valence-electron chi connectivity index (χ0n) is 13.8. The number of nitrogens with one attached hydrogen (secondary N) is 1. The number of carbonyl (C=O) groups excluding carboxylic acids is 1. The summed E-state index contributed by atoms with van der Waals surface area (Å²) in [5, 5.41) is 2.99. The van der Waals surface area contributed by atoms with Crippen LogP contribution in [0.4, 0.5) is 0 Å². The quantitative estimate of drug-likeness (QED) is 0.852. The third-order valence-electron chi connectivity index (χ3n) is 3.36. The van der Waals surface area contributed by atoms with E-state index < -0.39 is 5.54 Å². The van der Waals surface area contributed by atoms with Gasteiger partial charge in [-0.05, 0) is 37.6 Å². The molecule has 1 N–H and O–H groups in total. The third-order valence-corrected chi connectivity index (χ3v) is 3.36. The highest BCUT2D eigenvalue weighted by molar-refractivity contribution is 5.95. The van der Waals surface area contributed by atoms with Crippen molar-refractivity contribution in [3.05, 3.63) is 65.7 Å². The first-order valence-electron chi connectivity index (χ1n) is 7.58. The van der Waals surface area contributed by atoms with Crippen molar-refractivity contribution in [3.63, 3.8) is 0 Å². The molecular formula is C19H23NO3. The molecule has 0 aliphatic carbocycles. The minimum absolute atomic E-state index is 0.141. The lowest BCUT2D eigenvalue weighted by Crippen LogP contribution is -2.47. The molecule has 122 valence electrons. The molecule has 2 aromatic rings. The van der Waals surface area contributed by atoms with Crippen molar-refractivity contribution in [2.24, 2.45) is 0 Å². The van der Waals surface area contributed by atoms with Crippen LogP contribution >= 0.6 is 0 Å². The molecular weight excluding hydrogens is 290 g/mol. The standard InChI is InChI=1S/C19H23NO3/c1-19(2,14-23-13-15-8-5-4-6-9-15)20-18(21)16-10-7-11-17(12-16)22-3/h4-12H,13-14H2,1-3H3,(H,20,21). The van der Waals surface area contributed by atoms with Gasteiger partial charge in [-0.1, -0.05) is 36.4 Å². The SMILES string of the molecule is COc1cccc(C(=O)NC(C)(C)COCc2ccccc2)c1. The lowest BCUT2D eigenvalue weighted by Gasteiger charge is -2.26. The molecule has 0 bridgehead atoms. The van der Waals surface area contributed by atoms with Crippen LogP contribution < -0.4 is 10.1 Å². The third kappa shape index (κ3) is 5.42. The second kappa shape index (κ2) is 7.79. The summed E-state index contributed by atoms with van der Waals surface area (Å²) >= 11 is 0. The van der Waals surface area contributed by atoms with Crippen LogP contribution in [0.2, 0.25) is 0 Å². The summed E-state index contributed by atoms with van der Waals surface area (Å²) in [4.78, 5) is 12.3. The van der Waals surface area contributed by atoms with Gasteiger partial charge >= 0.3 is 0 Å². The highest BCUT2D eigenvalue weighted by atomic mass is 16.5. The molecule has 0 saturated carbocycles. The Morgan fingerprint density at radius 1 is 1.09 bits per heavy atom. The number of methoxy groups -OCH3 is 1. The molecule has 0 aliphatic heterocycles. The number of carbonyl (C=O) groups is 1. The van der Waals surface area contributed by atoms with Gasteiger partial charge in [0, 0.05) is 5.56 Å². The van der Waals surface area contributed by atoms with E-state index in [1.165, 1.54) is 0 Å². The van der Waals surface area contributed by atoms with Crippen molar-refractivity contribution in [2.75, 3.05) is 13.7 Å². The van der Waals surface area contributed by atoms with E-state index in [0.717, 1.165) is 5.56 Å². The van der Waals surface area contributed by atoms with Gasteiger partial charge in [-0.3, -0.25) is 4.79 Å². The Morgan fingerprint density at radius 2 is 1.83 bits per heavy atom. The Bertz CT molecular complexity index is 638. The van der Waals surface area contributed by atoms with Gasteiger partial charge in [0.2, 0.25) is 0 Å². The van der Waals surface area contributed by atoms with Crippen LogP contribution in [0.3, 0.4) is 0 Å². The number of benzene rings is 2. The molecule has 2 aromatic carbocycles. The van der Waals surface area contributed by atoms with Crippen LogP contribution in [0.25, 0.3) is 0 Å². The van der Waals surface area contributed by atoms with Gasteiger partial charge in [0.15, 0.2) is 0 Å². The lowest BCUT2D eigenvalue weighted by atomic mass is 10.1. The molecule has 0 fully saturated rings. The van der Waals surface area contributed by atoms with E-state index >= 15 is 0 Å². The van der Waals surface area contributed by atoms with Crippen molar-refractivity contribution >= 4 is 5.91 Å². The molecule has 0 heterocycles. The van der Waals surface area contributed by atoms with E-state index in [4.69, 9.17) is 9.47 Å². The van der Waals surface area contributed by atoms with Crippen molar-refractivity contribution in [1.29, 1.82) is 0 Å². The fourth-order valence-corrected chi connectivity index (χ4v) is 2.18. The molecule has 0 spiro atoms. The average molecular weight is 313 g/mol. The fraction of sp³-hybridized carbons (Fsp3) is 0.316. The largest absolute Gasteiger partial charge is 0.497 e. The molecule has 0 aromatic heterocycles. The molecule has 0 radical (unpaired) electrons. The van der Waals surface area contributed by atoms with E-state index in [0.29, 0.717) is 24.5 Å². The summed E-state index contributed by atoms with van der Waals surface area (Å²) < 4.78 is 10.9. The van der Waals surface area contributed by atoms with Crippen LogP contribution in [-0.2, 0) is 11.3 Å². The van der Waals surface area contributed by atoms with Gasteiger partial charge in [0.25, 0.3) is 5.91 Å². The number of hydrogen-bond donors (Lipinski definition) is 1. The molecule has 4 nitrogen and oxygen atoms in total. The van der Waals surface area contributed by atoms with Gasteiger partial charge in [0.1, 0.15) is 5.75 Å². The van der Waals surface area contributed by atoms with Gasteiger partial charge < -0.3 is 14.8 Å². The number of rotatable bonds is 7. The molecule has 1 amide bonds. The maximum Gasteiger partial charge on any atom is 0.251 e. The Morgan fingerprint density at radius 3 is 2.52 bits per heavy atom. The first-order valence-corrected chi connectivity index (χ1v) is 7.58. The predicted molar refractivity (Wildman–Crippen MR) is 90.6 cm³/mol. The first kappa shape index (κ1) is 17.0. The Hall–Kier alpha value is -2.33. The van der Waals surface area contributed by atoms with Crippen LogP contribution in [0.15, 0.2) is 54.6 Å². The van der Waals surface area contributed by atoms with Crippen LogP contribution in [0.5, 0.6) is 5.75 Å². The van der Waals surface area contributed by atoms with E-state index in [1.54, 1.807) is 25.3 Å². The average Bonchev–Trinajstić information content (AvgIpc) is 2.55. The molecule has 4 heteroatoms. The summed E-state index contributed by atoms with van der Waals surface area (Å²) in [7, 11) is 1.58. The number of ether oxygens (including phenoxy) is 2. The normalized spacial score (nSPS) is 11.1. The Kier molecular flexibility index (Phi) is 5.77. The fourth-order valence-electron chi connectivity index (χ4n) is 2.18. The molecule has 0 aliphatic rings. The van der Waals surface area contributed by atoms with Crippen LogP contribution in [0.1, 0.15) is 29.8 Å². The van der Waals surface area contributed by atoms with Gasteiger partial charge in [-0.2, -0.15) is 0 Å². The van der Waals surface area contributed by atoms with Crippen molar-refractivity contribution < 1.29 is 14.3 Å². The summed E-state index contributed by atoms with van der Waals surface area (Å²) in [5.74, 6) is 0.521. The minimum Gasteiger partial charge on any atom is -0.497 e. The number of amides is 1. The van der Waals surface area contributed by atoms with Crippen molar-refractivity contribution in [3.8, 4) is 5.75 Å². The summed E-state index contributed by atoms with van der Waals surface area (Å²) in [6.45, 7) is 4.84. The molecule has 23 heavy (non-hydrogen) atoms. The summed E-state index contributed by atoms with van der Waals surface area (Å²) in [5.41, 5.74) is 1.22. The molecule has 0 atom stereocenters. The zero-order chi connectivity index (χ0) is 16.7. The second-order valence-electron chi connectivity index (χ2n) is 6.05. The molecule has 0 saturated heterocycles. The summed E-state index contributed by atoms with van der Waals surface area (Å²) in [6, 6.07) is 17.1. The Labute approximate surface area is 137 Å². The Balaban J connectivity index is 1.88.